The highest BCUT2D eigenvalue weighted by Crippen LogP contribution is 2.18. The van der Waals surface area contributed by atoms with E-state index in [1.165, 1.54) is 11.3 Å². The Hall–Kier alpha value is -0.650. The predicted octanol–water partition coefficient (Wildman–Crippen LogP) is 2.33. The van der Waals surface area contributed by atoms with Gasteiger partial charge in [-0.15, -0.1) is 23.7 Å². The summed E-state index contributed by atoms with van der Waals surface area (Å²) in [5.74, 6) is -0.168. The van der Waals surface area contributed by atoms with Crippen molar-refractivity contribution in [2.45, 2.75) is 39.2 Å². The van der Waals surface area contributed by atoms with Gasteiger partial charge in [0.05, 0.1) is 5.54 Å². The van der Waals surface area contributed by atoms with Gasteiger partial charge in [0.25, 0.3) is 0 Å². The van der Waals surface area contributed by atoms with Crippen LogP contribution >= 0.6 is 23.7 Å². The van der Waals surface area contributed by atoms with Gasteiger partial charge < -0.3 is 11.1 Å². The fourth-order valence-corrected chi connectivity index (χ4v) is 1.94. The number of carbonyl (C=O) groups excluding carboxylic acids is 1. The molecule has 1 aromatic heterocycles. The SMILES string of the molecule is CCCC(C)(N)C(=O)Nc1ncc(C)s1.Cl. The normalized spacial score (nSPS) is 13.8. The number of nitrogens with two attached hydrogens (primary N) is 1. The zero-order valence-electron chi connectivity index (χ0n) is 9.74. The molecule has 0 aliphatic carbocycles. The molecule has 0 saturated carbocycles. The number of aryl methyl sites for hydroxylation is 1. The van der Waals surface area contributed by atoms with Crippen LogP contribution in [0, 0.1) is 6.92 Å². The van der Waals surface area contributed by atoms with Crippen molar-refractivity contribution in [3.05, 3.63) is 11.1 Å². The van der Waals surface area contributed by atoms with E-state index in [-0.39, 0.29) is 18.3 Å². The second kappa shape index (κ2) is 6.18. The molecule has 0 bridgehead atoms. The van der Waals surface area contributed by atoms with Gasteiger partial charge in [0.1, 0.15) is 0 Å². The van der Waals surface area contributed by atoms with Gasteiger partial charge in [0, 0.05) is 11.1 Å². The number of hydrogen-bond acceptors (Lipinski definition) is 4. The van der Waals surface area contributed by atoms with Crippen molar-refractivity contribution in [2.24, 2.45) is 5.73 Å². The minimum absolute atomic E-state index is 0. The molecule has 16 heavy (non-hydrogen) atoms. The van der Waals surface area contributed by atoms with Crippen LogP contribution in [0.15, 0.2) is 6.20 Å². The minimum Gasteiger partial charge on any atom is -0.318 e. The maximum Gasteiger partial charge on any atom is 0.245 e. The first kappa shape index (κ1) is 15.3. The van der Waals surface area contributed by atoms with Crippen LogP contribution in [-0.4, -0.2) is 16.4 Å². The maximum absolute atomic E-state index is 11.8. The summed E-state index contributed by atoms with van der Waals surface area (Å²) in [5.41, 5.74) is 5.08. The average Bonchev–Trinajstić information content (AvgIpc) is 2.51. The molecule has 1 heterocycles. The van der Waals surface area contributed by atoms with Gasteiger partial charge in [0.15, 0.2) is 5.13 Å². The topological polar surface area (TPSA) is 68.0 Å². The highest BCUT2D eigenvalue weighted by Gasteiger charge is 2.27. The fraction of sp³-hybridized carbons (Fsp3) is 0.600. The summed E-state index contributed by atoms with van der Waals surface area (Å²) in [5, 5.41) is 3.35. The molecule has 0 aliphatic rings. The van der Waals surface area contributed by atoms with Crippen LogP contribution in [0.5, 0.6) is 0 Å². The van der Waals surface area contributed by atoms with Crippen LogP contribution in [0.2, 0.25) is 0 Å². The molecule has 3 N–H and O–H groups in total. The van der Waals surface area contributed by atoms with Crippen molar-refractivity contribution in [2.75, 3.05) is 5.32 Å². The number of amides is 1. The van der Waals surface area contributed by atoms with E-state index < -0.39 is 5.54 Å². The number of thiazole rings is 1. The van der Waals surface area contributed by atoms with E-state index in [1.807, 2.05) is 13.8 Å². The van der Waals surface area contributed by atoms with E-state index in [4.69, 9.17) is 5.73 Å². The van der Waals surface area contributed by atoms with Crippen LogP contribution in [0.1, 0.15) is 31.6 Å². The lowest BCUT2D eigenvalue weighted by Crippen LogP contribution is -2.48. The molecule has 1 rings (SSSR count). The number of carbonyl (C=O) groups is 1. The summed E-state index contributed by atoms with van der Waals surface area (Å²) < 4.78 is 0. The summed E-state index contributed by atoms with van der Waals surface area (Å²) in [6.07, 6.45) is 3.29. The molecule has 1 aromatic rings. The second-order valence-corrected chi connectivity index (χ2v) is 5.13. The summed E-state index contributed by atoms with van der Waals surface area (Å²) in [6.45, 7) is 5.69. The maximum atomic E-state index is 11.8. The molecule has 1 atom stereocenters. The lowest BCUT2D eigenvalue weighted by atomic mass is 9.97. The molecule has 1 unspecified atom stereocenters. The number of anilines is 1. The van der Waals surface area contributed by atoms with Gasteiger partial charge in [-0.25, -0.2) is 4.98 Å². The monoisotopic (exact) mass is 263 g/mol. The van der Waals surface area contributed by atoms with Gasteiger partial charge in [-0.05, 0) is 20.3 Å². The molecule has 0 aliphatic heterocycles. The first-order chi connectivity index (χ1) is 6.95. The standard InChI is InChI=1S/C10H17N3OS.ClH/c1-4-5-10(3,11)8(14)13-9-12-6-7(2)15-9;/h6H,4-5,11H2,1-3H3,(H,12,13,14);1H. The molecule has 0 radical (unpaired) electrons. The highest BCUT2D eigenvalue weighted by atomic mass is 35.5. The van der Waals surface area contributed by atoms with E-state index >= 15 is 0 Å². The smallest absolute Gasteiger partial charge is 0.245 e. The third-order valence-electron chi connectivity index (χ3n) is 2.13. The summed E-state index contributed by atoms with van der Waals surface area (Å²) in [7, 11) is 0. The Labute approximate surface area is 106 Å². The first-order valence-electron chi connectivity index (χ1n) is 4.98. The Morgan fingerprint density at radius 1 is 1.69 bits per heavy atom. The molecule has 4 nitrogen and oxygen atoms in total. The van der Waals surface area contributed by atoms with Crippen molar-refractivity contribution >= 4 is 34.8 Å². The van der Waals surface area contributed by atoms with Crippen LogP contribution in [0.4, 0.5) is 5.13 Å². The van der Waals surface area contributed by atoms with Crippen molar-refractivity contribution in [1.82, 2.24) is 4.98 Å². The summed E-state index contributed by atoms with van der Waals surface area (Å²) in [4.78, 5) is 16.9. The highest BCUT2D eigenvalue weighted by molar-refractivity contribution is 7.15. The van der Waals surface area contributed by atoms with Crippen molar-refractivity contribution in [1.29, 1.82) is 0 Å². The quantitative estimate of drug-likeness (QED) is 0.876. The van der Waals surface area contributed by atoms with Crippen molar-refractivity contribution in [3.8, 4) is 0 Å². The second-order valence-electron chi connectivity index (χ2n) is 3.90. The molecule has 0 saturated heterocycles. The molecule has 0 fully saturated rings. The molecule has 1 amide bonds. The van der Waals surface area contributed by atoms with Crippen LogP contribution in [0.3, 0.4) is 0 Å². The number of nitrogens with zero attached hydrogens (tertiary/aromatic N) is 1. The lowest BCUT2D eigenvalue weighted by Gasteiger charge is -2.21. The predicted molar refractivity (Wildman–Crippen MR) is 70.2 cm³/mol. The Balaban J connectivity index is 0.00000225. The molecule has 92 valence electrons. The summed E-state index contributed by atoms with van der Waals surface area (Å²) >= 11 is 1.45. The van der Waals surface area contributed by atoms with Gasteiger partial charge in [0.2, 0.25) is 5.91 Å². The Morgan fingerprint density at radius 3 is 2.75 bits per heavy atom. The van der Waals surface area contributed by atoms with Crippen molar-refractivity contribution < 1.29 is 4.79 Å². The van der Waals surface area contributed by atoms with Crippen LogP contribution in [-0.2, 0) is 4.79 Å². The van der Waals surface area contributed by atoms with Gasteiger partial charge in [-0.2, -0.15) is 0 Å². The molecule has 0 spiro atoms. The van der Waals surface area contributed by atoms with Crippen molar-refractivity contribution in [3.63, 3.8) is 0 Å². The minimum atomic E-state index is -0.811. The number of nitrogens with one attached hydrogen (secondary N) is 1. The van der Waals surface area contributed by atoms with E-state index in [1.54, 1.807) is 13.1 Å². The zero-order valence-corrected chi connectivity index (χ0v) is 11.4. The molecular formula is C10H18ClN3OS. The van der Waals surface area contributed by atoms with E-state index in [0.717, 1.165) is 11.3 Å². The van der Waals surface area contributed by atoms with Gasteiger partial charge >= 0.3 is 0 Å². The average molecular weight is 264 g/mol. The zero-order chi connectivity index (χ0) is 11.5. The number of aromatic nitrogens is 1. The van der Waals surface area contributed by atoms with Gasteiger partial charge in [-0.1, -0.05) is 13.3 Å². The number of halogens is 1. The van der Waals surface area contributed by atoms with Crippen LogP contribution in [0.25, 0.3) is 0 Å². The largest absolute Gasteiger partial charge is 0.318 e. The summed E-state index contributed by atoms with van der Waals surface area (Å²) in [6, 6.07) is 0. The third-order valence-corrected chi connectivity index (χ3v) is 2.96. The Bertz CT molecular complexity index is 352. The third kappa shape index (κ3) is 4.08. The number of hydrogen-bond donors (Lipinski definition) is 2. The van der Waals surface area contributed by atoms with E-state index in [0.29, 0.717) is 11.6 Å². The molecule has 0 aromatic carbocycles. The Morgan fingerprint density at radius 2 is 2.31 bits per heavy atom. The fourth-order valence-electron chi connectivity index (χ4n) is 1.29. The first-order valence-corrected chi connectivity index (χ1v) is 5.80. The molecular weight excluding hydrogens is 246 g/mol. The number of rotatable bonds is 4. The van der Waals surface area contributed by atoms with Crippen LogP contribution < -0.4 is 11.1 Å². The van der Waals surface area contributed by atoms with E-state index in [2.05, 4.69) is 10.3 Å². The van der Waals surface area contributed by atoms with E-state index in [9.17, 15) is 4.79 Å². The van der Waals surface area contributed by atoms with Gasteiger partial charge in [-0.3, -0.25) is 4.79 Å². The molecule has 6 heteroatoms. The lowest BCUT2D eigenvalue weighted by molar-refractivity contribution is -0.120. The Kier molecular flexibility index (Phi) is 5.92.